The molecule has 2 unspecified atom stereocenters. The van der Waals surface area contributed by atoms with Crippen molar-refractivity contribution >= 4 is 0 Å². The second kappa shape index (κ2) is 2.71. The van der Waals surface area contributed by atoms with Crippen LogP contribution in [0.15, 0.2) is 5.11 Å². The summed E-state index contributed by atoms with van der Waals surface area (Å²) in [5, 5.41) is 3.43. The van der Waals surface area contributed by atoms with Gasteiger partial charge in [-0.2, -0.15) is 0 Å². The molecule has 0 aromatic heterocycles. The Labute approximate surface area is 53.4 Å². The van der Waals surface area contributed by atoms with E-state index in [1.165, 1.54) is 0 Å². The first-order valence-electron chi connectivity index (χ1n) is 2.97. The minimum absolute atomic E-state index is 0.357. The molecule has 4 nitrogen and oxygen atoms in total. The highest BCUT2D eigenvalue weighted by Gasteiger charge is 2.28. The molecule has 0 aliphatic carbocycles. The third-order valence-electron chi connectivity index (χ3n) is 1.43. The molecule has 1 aliphatic rings. The van der Waals surface area contributed by atoms with E-state index in [0.29, 0.717) is 18.6 Å². The van der Waals surface area contributed by atoms with Crippen LogP contribution < -0.4 is 0 Å². The molecular weight excluding hydrogens is 118 g/mol. The van der Waals surface area contributed by atoms with Crippen molar-refractivity contribution in [3.05, 3.63) is 10.4 Å². The van der Waals surface area contributed by atoms with E-state index in [-0.39, 0.29) is 0 Å². The number of nitrogens with zero attached hydrogens (tertiary/aromatic N) is 3. The van der Waals surface area contributed by atoms with E-state index in [9.17, 15) is 0 Å². The van der Waals surface area contributed by atoms with Gasteiger partial charge >= 0.3 is 0 Å². The first-order chi connectivity index (χ1) is 4.34. The summed E-state index contributed by atoms with van der Waals surface area (Å²) in [6, 6.07) is 0. The van der Waals surface area contributed by atoms with Crippen molar-refractivity contribution in [2.45, 2.75) is 13.0 Å². The summed E-state index contributed by atoms with van der Waals surface area (Å²) in [5.41, 5.74) is 7.93. The summed E-state index contributed by atoms with van der Waals surface area (Å²) < 4.78 is 4.98. The van der Waals surface area contributed by atoms with Crippen molar-refractivity contribution in [1.82, 2.24) is 0 Å². The van der Waals surface area contributed by atoms with E-state index < -0.39 is 0 Å². The number of hydrogen-bond donors (Lipinski definition) is 0. The molecule has 0 spiro atoms. The van der Waals surface area contributed by atoms with Crippen molar-refractivity contribution in [2.75, 3.05) is 13.2 Å². The maximum absolute atomic E-state index is 7.93. The van der Waals surface area contributed by atoms with E-state index >= 15 is 0 Å². The smallest absolute Gasteiger partial charge is 0.0836 e. The molecule has 0 bridgehead atoms. The normalized spacial score (nSPS) is 26.6. The quantitative estimate of drug-likeness (QED) is 0.244. The van der Waals surface area contributed by atoms with Crippen LogP contribution in [0.5, 0.6) is 0 Å². The van der Waals surface area contributed by atoms with Gasteiger partial charge in [0.2, 0.25) is 0 Å². The van der Waals surface area contributed by atoms with Gasteiger partial charge in [0.1, 0.15) is 0 Å². The first-order valence-corrected chi connectivity index (χ1v) is 2.97. The largest absolute Gasteiger partial charge is 0.373 e. The van der Waals surface area contributed by atoms with Gasteiger partial charge in [-0.1, -0.05) is 12.0 Å². The summed E-state index contributed by atoms with van der Waals surface area (Å²) in [4.78, 5) is 2.66. The molecule has 0 saturated carbocycles. The fraction of sp³-hybridized carbons (Fsp3) is 1.00. The van der Waals surface area contributed by atoms with Crippen LogP contribution in [0.2, 0.25) is 0 Å². The number of azide groups is 1. The molecule has 50 valence electrons. The fourth-order valence-electron chi connectivity index (χ4n) is 0.667. The van der Waals surface area contributed by atoms with Crippen molar-refractivity contribution in [3.8, 4) is 0 Å². The van der Waals surface area contributed by atoms with Crippen LogP contribution in [0.1, 0.15) is 6.92 Å². The Morgan fingerprint density at radius 3 is 3.11 bits per heavy atom. The molecule has 1 rings (SSSR count). The van der Waals surface area contributed by atoms with E-state index in [4.69, 9.17) is 10.3 Å². The van der Waals surface area contributed by atoms with Crippen LogP contribution in [0.4, 0.5) is 0 Å². The molecule has 9 heavy (non-hydrogen) atoms. The highest BCUT2D eigenvalue weighted by atomic mass is 16.6. The van der Waals surface area contributed by atoms with Gasteiger partial charge in [-0.25, -0.2) is 0 Å². The minimum Gasteiger partial charge on any atom is -0.373 e. The standard InChI is InChI=1S/C5H9N3O/c1-4(2-7-8-6)5-3-9-5/h4-5H,2-3H2,1H3. The highest BCUT2D eigenvalue weighted by molar-refractivity contribution is 4.77. The molecule has 1 heterocycles. The Balaban J connectivity index is 2.17. The monoisotopic (exact) mass is 127 g/mol. The lowest BCUT2D eigenvalue weighted by atomic mass is 10.1. The van der Waals surface area contributed by atoms with Gasteiger partial charge in [-0.05, 0) is 11.4 Å². The van der Waals surface area contributed by atoms with Crippen molar-refractivity contribution in [1.29, 1.82) is 0 Å². The van der Waals surface area contributed by atoms with E-state index in [2.05, 4.69) is 10.0 Å². The van der Waals surface area contributed by atoms with E-state index in [1.807, 2.05) is 6.92 Å². The summed E-state index contributed by atoms with van der Waals surface area (Å²) in [5.74, 6) is 0.390. The average molecular weight is 127 g/mol. The van der Waals surface area contributed by atoms with Gasteiger partial charge in [0.15, 0.2) is 0 Å². The van der Waals surface area contributed by atoms with Crippen molar-refractivity contribution < 1.29 is 4.74 Å². The third-order valence-corrected chi connectivity index (χ3v) is 1.43. The van der Waals surface area contributed by atoms with Gasteiger partial charge in [0.05, 0.1) is 12.7 Å². The number of ether oxygens (including phenoxy) is 1. The maximum atomic E-state index is 7.93. The topological polar surface area (TPSA) is 61.3 Å². The Kier molecular flexibility index (Phi) is 1.92. The predicted molar refractivity (Wildman–Crippen MR) is 32.9 cm³/mol. The van der Waals surface area contributed by atoms with Gasteiger partial charge in [0.25, 0.3) is 0 Å². The lowest BCUT2D eigenvalue weighted by Gasteiger charge is -1.99. The van der Waals surface area contributed by atoms with Gasteiger partial charge in [0, 0.05) is 11.5 Å². The van der Waals surface area contributed by atoms with Gasteiger partial charge in [-0.3, -0.25) is 0 Å². The van der Waals surface area contributed by atoms with Gasteiger partial charge < -0.3 is 4.74 Å². The van der Waals surface area contributed by atoms with Crippen LogP contribution in [-0.4, -0.2) is 19.3 Å². The van der Waals surface area contributed by atoms with Crippen molar-refractivity contribution in [2.24, 2.45) is 11.0 Å². The number of rotatable bonds is 3. The Morgan fingerprint density at radius 2 is 2.67 bits per heavy atom. The molecule has 0 aromatic carbocycles. The van der Waals surface area contributed by atoms with Crippen LogP contribution >= 0.6 is 0 Å². The molecular formula is C5H9N3O. The summed E-state index contributed by atoms with van der Waals surface area (Å²) in [6.45, 7) is 3.41. The highest BCUT2D eigenvalue weighted by Crippen LogP contribution is 2.19. The molecule has 4 heteroatoms. The average Bonchev–Trinajstić information content (AvgIpc) is 2.63. The van der Waals surface area contributed by atoms with Crippen molar-refractivity contribution in [3.63, 3.8) is 0 Å². The molecule has 0 aromatic rings. The van der Waals surface area contributed by atoms with Crippen LogP contribution in [0.3, 0.4) is 0 Å². The Hall–Kier alpha value is -0.730. The lowest BCUT2D eigenvalue weighted by Crippen LogP contribution is -2.05. The number of hydrogen-bond acceptors (Lipinski definition) is 2. The van der Waals surface area contributed by atoms with Crippen LogP contribution in [0, 0.1) is 5.92 Å². The van der Waals surface area contributed by atoms with E-state index in [1.54, 1.807) is 0 Å². The minimum atomic E-state index is 0.357. The second-order valence-corrected chi connectivity index (χ2v) is 2.26. The summed E-state index contributed by atoms with van der Waals surface area (Å²) >= 11 is 0. The van der Waals surface area contributed by atoms with E-state index in [0.717, 1.165) is 6.61 Å². The van der Waals surface area contributed by atoms with Crippen LogP contribution in [0.25, 0.3) is 10.4 Å². The van der Waals surface area contributed by atoms with Crippen LogP contribution in [-0.2, 0) is 4.74 Å². The molecule has 0 amide bonds. The molecule has 1 aliphatic heterocycles. The Morgan fingerprint density at radius 1 is 2.00 bits per heavy atom. The Bertz CT molecular complexity index is 137. The zero-order valence-electron chi connectivity index (χ0n) is 5.32. The summed E-state index contributed by atoms with van der Waals surface area (Å²) in [7, 11) is 0. The molecule has 0 N–H and O–H groups in total. The predicted octanol–water partition coefficient (Wildman–Crippen LogP) is 1.33. The summed E-state index contributed by atoms with van der Waals surface area (Å²) in [6.07, 6.45) is 0.357. The maximum Gasteiger partial charge on any atom is 0.0836 e. The fourth-order valence-corrected chi connectivity index (χ4v) is 0.667. The first kappa shape index (κ1) is 6.39. The lowest BCUT2D eigenvalue weighted by molar-refractivity contribution is 0.346. The zero-order valence-corrected chi connectivity index (χ0v) is 5.32. The van der Waals surface area contributed by atoms with Gasteiger partial charge in [-0.15, -0.1) is 0 Å². The molecule has 2 atom stereocenters. The molecule has 1 saturated heterocycles. The third kappa shape index (κ3) is 1.91. The molecule has 1 fully saturated rings. The molecule has 0 radical (unpaired) electrons. The zero-order chi connectivity index (χ0) is 6.69. The second-order valence-electron chi connectivity index (χ2n) is 2.26. The SMILES string of the molecule is CC(CN=[N+]=[N-])C1CO1. The number of epoxide rings is 1.